The number of Topliss-reactive ketones (excluding diaryl/α,β-unsaturated/α-hetero) is 1. The first kappa shape index (κ1) is 24.5. The molecule has 0 saturated carbocycles. The maximum atomic E-state index is 13.5. The van der Waals surface area contributed by atoms with E-state index >= 15 is 0 Å². The molecule has 0 spiro atoms. The van der Waals surface area contributed by atoms with Crippen LogP contribution in [0, 0.1) is 17.8 Å². The van der Waals surface area contributed by atoms with E-state index in [0.29, 0.717) is 47.6 Å². The standard InChI is InChI=1S/C27H26BrNO7/c1-4-7-29-26(33)14-6-5-13-15(21(14)27(29)34)10-16-22(18(31)11-17(28)25(16)32)23(13)24-19(35-2)8-12(30)9-20(24)36-3/h5,8-9,11,14-15,21,23,30H,4,6-7,10H2,1-3H3/t14-,15+,21-,23-/m0/s1. The SMILES string of the molecule is CCCN1C(=O)[C@H]2[C@H](CC=C3[C@H](c4c(OC)cc(O)cc4OC)C4=C(C[C@H]32)C(=O)C(Br)=CC4=O)C1=O. The number of phenols is 1. The van der Waals surface area contributed by atoms with Crippen molar-refractivity contribution >= 4 is 39.3 Å². The van der Waals surface area contributed by atoms with Gasteiger partial charge in [0.2, 0.25) is 11.8 Å². The van der Waals surface area contributed by atoms with E-state index in [1.807, 2.05) is 13.0 Å². The summed E-state index contributed by atoms with van der Waals surface area (Å²) in [6, 6.07) is 2.87. The number of carbonyl (C=O) groups is 4. The number of amides is 2. The maximum absolute atomic E-state index is 13.5. The van der Waals surface area contributed by atoms with E-state index in [9.17, 15) is 24.3 Å². The Balaban J connectivity index is 1.75. The number of ketones is 2. The Labute approximate surface area is 216 Å². The Morgan fingerprint density at radius 2 is 1.72 bits per heavy atom. The van der Waals surface area contributed by atoms with Crippen LogP contribution in [0.2, 0.25) is 0 Å². The molecule has 1 aromatic rings. The van der Waals surface area contributed by atoms with Crippen LogP contribution >= 0.6 is 15.9 Å². The number of imide groups is 1. The van der Waals surface area contributed by atoms with E-state index in [-0.39, 0.29) is 40.0 Å². The van der Waals surface area contributed by atoms with Crippen molar-refractivity contribution in [2.45, 2.75) is 32.1 Å². The highest BCUT2D eigenvalue weighted by Crippen LogP contribution is 2.58. The molecule has 0 unspecified atom stereocenters. The Kier molecular flexibility index (Phi) is 6.14. The number of likely N-dealkylation sites (tertiary alicyclic amines) is 1. The predicted octanol–water partition coefficient (Wildman–Crippen LogP) is 3.58. The average molecular weight is 556 g/mol. The molecule has 9 heteroatoms. The van der Waals surface area contributed by atoms with Crippen LogP contribution < -0.4 is 9.47 Å². The number of halogens is 1. The molecule has 5 rings (SSSR count). The third kappa shape index (κ3) is 3.47. The number of hydrogen-bond donors (Lipinski definition) is 1. The zero-order valence-corrected chi connectivity index (χ0v) is 21.8. The van der Waals surface area contributed by atoms with E-state index in [1.54, 1.807) is 0 Å². The Hall–Kier alpha value is -3.20. The molecule has 8 nitrogen and oxygen atoms in total. The highest BCUT2D eigenvalue weighted by Gasteiger charge is 2.56. The van der Waals surface area contributed by atoms with E-state index in [2.05, 4.69) is 15.9 Å². The zero-order chi connectivity index (χ0) is 25.9. The number of ether oxygens (including phenoxy) is 2. The van der Waals surface area contributed by atoms with Crippen LogP contribution in [0.4, 0.5) is 0 Å². The van der Waals surface area contributed by atoms with Crippen molar-refractivity contribution in [3.63, 3.8) is 0 Å². The summed E-state index contributed by atoms with van der Waals surface area (Å²) in [6.07, 6.45) is 4.43. The summed E-state index contributed by atoms with van der Waals surface area (Å²) in [5, 5.41) is 10.2. The van der Waals surface area contributed by atoms with Crippen molar-refractivity contribution in [2.24, 2.45) is 17.8 Å². The van der Waals surface area contributed by atoms with Crippen LogP contribution in [0.15, 0.2) is 45.5 Å². The van der Waals surface area contributed by atoms with Crippen LogP contribution in [0.1, 0.15) is 37.7 Å². The molecular weight excluding hydrogens is 530 g/mol. The number of aromatic hydroxyl groups is 1. The van der Waals surface area contributed by atoms with Gasteiger partial charge < -0.3 is 14.6 Å². The zero-order valence-electron chi connectivity index (χ0n) is 20.2. The first-order valence-corrected chi connectivity index (χ1v) is 12.7. The van der Waals surface area contributed by atoms with Crippen molar-refractivity contribution in [2.75, 3.05) is 20.8 Å². The van der Waals surface area contributed by atoms with Gasteiger partial charge in [-0.05, 0) is 41.1 Å². The lowest BCUT2D eigenvalue weighted by atomic mass is 9.59. The highest BCUT2D eigenvalue weighted by molar-refractivity contribution is 9.12. The molecular formula is C27H26BrNO7. The summed E-state index contributed by atoms with van der Waals surface area (Å²) in [5.74, 6) is -2.79. The normalized spacial score (nSPS) is 27.4. The fourth-order valence-electron chi connectivity index (χ4n) is 6.26. The van der Waals surface area contributed by atoms with Gasteiger partial charge in [-0.3, -0.25) is 24.1 Å². The summed E-state index contributed by atoms with van der Waals surface area (Å²) in [7, 11) is 2.90. The Bertz CT molecular complexity index is 1280. The number of nitrogens with zero attached hydrogens (tertiary/aromatic N) is 1. The number of rotatable bonds is 5. The average Bonchev–Trinajstić information content (AvgIpc) is 3.10. The van der Waals surface area contributed by atoms with E-state index in [1.165, 1.54) is 37.3 Å². The molecule has 3 aliphatic carbocycles. The first-order chi connectivity index (χ1) is 17.2. The lowest BCUT2D eigenvalue weighted by Gasteiger charge is -2.42. The van der Waals surface area contributed by atoms with Gasteiger partial charge in [0, 0.05) is 47.4 Å². The van der Waals surface area contributed by atoms with E-state index in [0.717, 1.165) is 5.57 Å². The van der Waals surface area contributed by atoms with Crippen LogP contribution in [-0.4, -0.2) is 54.2 Å². The number of benzene rings is 1. The van der Waals surface area contributed by atoms with Gasteiger partial charge in [-0.1, -0.05) is 18.6 Å². The van der Waals surface area contributed by atoms with Gasteiger partial charge >= 0.3 is 0 Å². The minimum atomic E-state index is -0.735. The van der Waals surface area contributed by atoms with Crippen molar-refractivity contribution in [1.82, 2.24) is 4.90 Å². The quantitative estimate of drug-likeness (QED) is 0.336. The van der Waals surface area contributed by atoms with Gasteiger partial charge in [-0.2, -0.15) is 0 Å². The number of allylic oxidation sites excluding steroid dienone is 6. The second-order valence-electron chi connectivity index (χ2n) is 9.49. The molecule has 1 N–H and O–H groups in total. The minimum absolute atomic E-state index is 0.0767. The molecule has 4 aliphatic rings. The summed E-state index contributed by atoms with van der Waals surface area (Å²) in [6.45, 7) is 2.27. The molecule has 1 aliphatic heterocycles. The van der Waals surface area contributed by atoms with Gasteiger partial charge in [-0.25, -0.2) is 0 Å². The number of carbonyl (C=O) groups excluding carboxylic acids is 4. The molecule has 36 heavy (non-hydrogen) atoms. The Morgan fingerprint density at radius 1 is 1.06 bits per heavy atom. The van der Waals surface area contributed by atoms with Crippen molar-refractivity contribution in [3.8, 4) is 17.2 Å². The van der Waals surface area contributed by atoms with E-state index in [4.69, 9.17) is 9.47 Å². The molecule has 1 saturated heterocycles. The molecule has 188 valence electrons. The summed E-state index contributed by atoms with van der Waals surface area (Å²) < 4.78 is 11.4. The fraction of sp³-hybridized carbons (Fsp3) is 0.407. The molecule has 1 aromatic carbocycles. The van der Waals surface area contributed by atoms with Crippen molar-refractivity contribution in [1.29, 1.82) is 0 Å². The maximum Gasteiger partial charge on any atom is 0.233 e. The van der Waals surface area contributed by atoms with Gasteiger partial charge in [0.25, 0.3) is 0 Å². The first-order valence-electron chi connectivity index (χ1n) is 11.9. The topological polar surface area (TPSA) is 110 Å². The van der Waals surface area contributed by atoms with Gasteiger partial charge in [0.1, 0.15) is 17.2 Å². The molecule has 4 atom stereocenters. The van der Waals surface area contributed by atoms with Crippen molar-refractivity contribution in [3.05, 3.63) is 51.0 Å². The van der Waals surface area contributed by atoms with Crippen molar-refractivity contribution < 1.29 is 33.8 Å². The molecule has 0 aromatic heterocycles. The predicted molar refractivity (Wildman–Crippen MR) is 133 cm³/mol. The molecule has 1 fully saturated rings. The molecule has 0 radical (unpaired) electrons. The second kappa shape index (κ2) is 9.03. The monoisotopic (exact) mass is 555 g/mol. The lowest BCUT2D eigenvalue weighted by molar-refractivity contribution is -0.140. The number of hydrogen-bond acceptors (Lipinski definition) is 7. The van der Waals surface area contributed by atoms with Crippen LogP contribution in [0.25, 0.3) is 0 Å². The van der Waals surface area contributed by atoms with Crippen LogP contribution in [-0.2, 0) is 19.2 Å². The molecule has 1 heterocycles. The lowest BCUT2D eigenvalue weighted by Crippen LogP contribution is -2.39. The number of methoxy groups -OCH3 is 2. The third-order valence-corrected chi connectivity index (χ3v) is 8.28. The smallest absolute Gasteiger partial charge is 0.233 e. The summed E-state index contributed by atoms with van der Waals surface area (Å²) in [4.78, 5) is 54.7. The number of phenolic OH excluding ortho intramolecular Hbond substituents is 1. The summed E-state index contributed by atoms with van der Waals surface area (Å²) in [5.41, 5.74) is 1.93. The minimum Gasteiger partial charge on any atom is -0.508 e. The van der Waals surface area contributed by atoms with E-state index < -0.39 is 23.7 Å². The van der Waals surface area contributed by atoms with Gasteiger partial charge in [0.05, 0.1) is 30.5 Å². The molecule has 0 bridgehead atoms. The second-order valence-corrected chi connectivity index (χ2v) is 10.3. The Morgan fingerprint density at radius 3 is 2.33 bits per heavy atom. The number of fused-ring (bicyclic) bond motifs is 3. The fourth-order valence-corrected chi connectivity index (χ4v) is 6.70. The van der Waals surface area contributed by atoms with Gasteiger partial charge in [0.15, 0.2) is 11.6 Å². The largest absolute Gasteiger partial charge is 0.508 e. The highest BCUT2D eigenvalue weighted by atomic mass is 79.9. The van der Waals surface area contributed by atoms with Crippen LogP contribution in [0.5, 0.6) is 17.2 Å². The third-order valence-electron chi connectivity index (χ3n) is 7.69. The van der Waals surface area contributed by atoms with Crippen LogP contribution in [0.3, 0.4) is 0 Å². The van der Waals surface area contributed by atoms with Gasteiger partial charge in [-0.15, -0.1) is 0 Å². The summed E-state index contributed by atoms with van der Waals surface area (Å²) >= 11 is 3.22. The molecule has 2 amide bonds.